The van der Waals surface area contributed by atoms with E-state index in [0.717, 1.165) is 11.3 Å². The third-order valence-corrected chi connectivity index (χ3v) is 2.69. The molecule has 0 amide bonds. The molecule has 0 radical (unpaired) electrons. The summed E-state index contributed by atoms with van der Waals surface area (Å²) in [6.45, 7) is 0. The molecular formula is C12H12ClN3. The highest BCUT2D eigenvalue weighted by molar-refractivity contribution is 6.18. The SMILES string of the molecule is Nc1cncc([C@@H](CCl)c2ccccc2)n1. The molecule has 82 valence electrons. The Bertz CT molecular complexity index is 459. The third-order valence-electron chi connectivity index (χ3n) is 2.39. The maximum atomic E-state index is 5.98. The lowest BCUT2D eigenvalue weighted by molar-refractivity contribution is 0.868. The van der Waals surface area contributed by atoms with Gasteiger partial charge in [-0.2, -0.15) is 0 Å². The maximum Gasteiger partial charge on any atom is 0.142 e. The van der Waals surface area contributed by atoms with Gasteiger partial charge >= 0.3 is 0 Å². The van der Waals surface area contributed by atoms with Gasteiger partial charge in [0.05, 0.1) is 11.9 Å². The largest absolute Gasteiger partial charge is 0.382 e. The molecule has 0 aliphatic carbocycles. The second-order valence-corrected chi connectivity index (χ2v) is 3.79. The summed E-state index contributed by atoms with van der Waals surface area (Å²) in [4.78, 5) is 8.28. The molecule has 2 N–H and O–H groups in total. The first-order valence-electron chi connectivity index (χ1n) is 4.99. The van der Waals surface area contributed by atoms with Crippen LogP contribution in [0.4, 0.5) is 5.82 Å². The monoisotopic (exact) mass is 233 g/mol. The van der Waals surface area contributed by atoms with Crippen molar-refractivity contribution in [2.45, 2.75) is 5.92 Å². The number of aromatic nitrogens is 2. The van der Waals surface area contributed by atoms with Crippen molar-refractivity contribution in [3.8, 4) is 0 Å². The number of hydrogen-bond donors (Lipinski definition) is 1. The zero-order valence-corrected chi connectivity index (χ0v) is 9.43. The van der Waals surface area contributed by atoms with Crippen molar-refractivity contribution in [2.24, 2.45) is 0 Å². The minimum atomic E-state index is 0.0406. The molecule has 16 heavy (non-hydrogen) atoms. The molecule has 2 aromatic rings. The maximum absolute atomic E-state index is 5.98. The van der Waals surface area contributed by atoms with Crippen LogP contribution in [-0.4, -0.2) is 15.8 Å². The van der Waals surface area contributed by atoms with E-state index in [1.807, 2.05) is 30.3 Å². The molecule has 0 unspecified atom stereocenters. The van der Waals surface area contributed by atoms with Gasteiger partial charge < -0.3 is 5.73 Å². The van der Waals surface area contributed by atoms with Crippen LogP contribution in [0.3, 0.4) is 0 Å². The summed E-state index contributed by atoms with van der Waals surface area (Å²) in [5.74, 6) is 0.921. The van der Waals surface area contributed by atoms with Crippen LogP contribution < -0.4 is 5.73 Å². The predicted octanol–water partition coefficient (Wildman–Crippen LogP) is 2.43. The van der Waals surface area contributed by atoms with E-state index in [1.165, 1.54) is 6.20 Å². The molecule has 0 bridgehead atoms. The van der Waals surface area contributed by atoms with Crippen molar-refractivity contribution in [3.63, 3.8) is 0 Å². The summed E-state index contributed by atoms with van der Waals surface area (Å²) < 4.78 is 0. The molecule has 1 aromatic carbocycles. The van der Waals surface area contributed by atoms with Gasteiger partial charge in [0.2, 0.25) is 0 Å². The summed E-state index contributed by atoms with van der Waals surface area (Å²) in [5.41, 5.74) is 7.54. The van der Waals surface area contributed by atoms with Crippen LogP contribution in [0.15, 0.2) is 42.7 Å². The fourth-order valence-corrected chi connectivity index (χ4v) is 1.93. The van der Waals surface area contributed by atoms with E-state index < -0.39 is 0 Å². The molecule has 0 spiro atoms. The van der Waals surface area contributed by atoms with Crippen LogP contribution in [0.25, 0.3) is 0 Å². The highest BCUT2D eigenvalue weighted by Crippen LogP contribution is 2.24. The lowest BCUT2D eigenvalue weighted by Crippen LogP contribution is -2.07. The first kappa shape index (κ1) is 10.9. The Morgan fingerprint density at radius 3 is 2.56 bits per heavy atom. The second kappa shape index (κ2) is 4.94. The van der Waals surface area contributed by atoms with Crippen molar-refractivity contribution in [1.82, 2.24) is 9.97 Å². The normalized spacial score (nSPS) is 12.3. The molecule has 1 aromatic heterocycles. The number of alkyl halides is 1. The highest BCUT2D eigenvalue weighted by atomic mass is 35.5. The van der Waals surface area contributed by atoms with Gasteiger partial charge in [-0.15, -0.1) is 11.6 Å². The van der Waals surface area contributed by atoms with Crippen LogP contribution >= 0.6 is 11.6 Å². The molecule has 0 saturated carbocycles. The molecule has 0 aliphatic rings. The van der Waals surface area contributed by atoms with Crippen molar-refractivity contribution in [3.05, 3.63) is 54.0 Å². The summed E-state index contributed by atoms with van der Waals surface area (Å²) >= 11 is 5.98. The van der Waals surface area contributed by atoms with Crippen LogP contribution in [0.1, 0.15) is 17.2 Å². The standard InChI is InChI=1S/C12H12ClN3/c13-6-10(9-4-2-1-3-5-9)11-7-15-8-12(14)16-11/h1-5,7-8,10H,6H2,(H2,14,16)/t10-/m0/s1. The molecule has 1 atom stereocenters. The van der Waals surface area contributed by atoms with Crippen LogP contribution in [0.5, 0.6) is 0 Å². The van der Waals surface area contributed by atoms with Gasteiger partial charge in [0.1, 0.15) is 5.82 Å². The topological polar surface area (TPSA) is 51.8 Å². The summed E-state index contributed by atoms with van der Waals surface area (Å²) in [7, 11) is 0. The van der Waals surface area contributed by atoms with Gasteiger partial charge in [-0.1, -0.05) is 30.3 Å². The molecule has 0 saturated heterocycles. The van der Waals surface area contributed by atoms with E-state index in [9.17, 15) is 0 Å². The number of nitrogen functional groups attached to an aromatic ring is 1. The lowest BCUT2D eigenvalue weighted by Gasteiger charge is -2.13. The average Bonchev–Trinajstić information content (AvgIpc) is 2.31. The van der Waals surface area contributed by atoms with E-state index in [4.69, 9.17) is 17.3 Å². The van der Waals surface area contributed by atoms with Crippen molar-refractivity contribution in [1.29, 1.82) is 0 Å². The zero-order chi connectivity index (χ0) is 11.4. The summed E-state index contributed by atoms with van der Waals surface area (Å²) in [5, 5.41) is 0. The number of anilines is 1. The van der Waals surface area contributed by atoms with Gasteiger partial charge in [0, 0.05) is 18.0 Å². The van der Waals surface area contributed by atoms with Gasteiger partial charge in [-0.25, -0.2) is 4.98 Å². The van der Waals surface area contributed by atoms with Gasteiger partial charge in [0.25, 0.3) is 0 Å². The minimum absolute atomic E-state index is 0.0406. The Kier molecular flexibility index (Phi) is 3.37. The first-order valence-corrected chi connectivity index (χ1v) is 5.53. The molecule has 4 heteroatoms. The molecule has 3 nitrogen and oxygen atoms in total. The predicted molar refractivity (Wildman–Crippen MR) is 65.4 cm³/mol. The fourth-order valence-electron chi connectivity index (χ4n) is 1.59. The van der Waals surface area contributed by atoms with Crippen molar-refractivity contribution in [2.75, 3.05) is 11.6 Å². The zero-order valence-electron chi connectivity index (χ0n) is 8.68. The van der Waals surface area contributed by atoms with Gasteiger partial charge in [-0.05, 0) is 5.56 Å². The number of benzene rings is 1. The Labute approximate surface area is 99.3 Å². The van der Waals surface area contributed by atoms with Crippen molar-refractivity contribution < 1.29 is 0 Å². The molecule has 1 heterocycles. The fraction of sp³-hybridized carbons (Fsp3) is 0.167. The van der Waals surface area contributed by atoms with Gasteiger partial charge in [0.15, 0.2) is 0 Å². The third kappa shape index (κ3) is 2.31. The quantitative estimate of drug-likeness (QED) is 0.829. The molecule has 2 rings (SSSR count). The Balaban J connectivity index is 2.37. The smallest absolute Gasteiger partial charge is 0.142 e. The Morgan fingerprint density at radius 1 is 1.19 bits per heavy atom. The molecule has 0 aliphatic heterocycles. The van der Waals surface area contributed by atoms with Crippen LogP contribution in [0, 0.1) is 0 Å². The first-order chi connectivity index (χ1) is 7.81. The number of hydrogen-bond acceptors (Lipinski definition) is 3. The van der Waals surface area contributed by atoms with E-state index >= 15 is 0 Å². The molecular weight excluding hydrogens is 222 g/mol. The summed E-state index contributed by atoms with van der Waals surface area (Å²) in [6, 6.07) is 9.98. The van der Waals surface area contributed by atoms with E-state index in [-0.39, 0.29) is 5.92 Å². The number of nitrogens with two attached hydrogens (primary N) is 1. The number of halogens is 1. The van der Waals surface area contributed by atoms with Gasteiger partial charge in [-0.3, -0.25) is 4.98 Å². The summed E-state index contributed by atoms with van der Waals surface area (Å²) in [6.07, 6.45) is 3.23. The van der Waals surface area contributed by atoms with Crippen molar-refractivity contribution >= 4 is 17.4 Å². The molecule has 0 fully saturated rings. The van der Waals surface area contributed by atoms with Crippen LogP contribution in [-0.2, 0) is 0 Å². The average molecular weight is 234 g/mol. The van der Waals surface area contributed by atoms with E-state index in [2.05, 4.69) is 9.97 Å². The Hall–Kier alpha value is -1.61. The number of nitrogens with zero attached hydrogens (tertiary/aromatic N) is 2. The van der Waals surface area contributed by atoms with Crippen LogP contribution in [0.2, 0.25) is 0 Å². The lowest BCUT2D eigenvalue weighted by atomic mass is 9.98. The van der Waals surface area contributed by atoms with E-state index in [1.54, 1.807) is 6.20 Å². The highest BCUT2D eigenvalue weighted by Gasteiger charge is 2.14. The Morgan fingerprint density at radius 2 is 1.94 bits per heavy atom. The second-order valence-electron chi connectivity index (χ2n) is 3.49. The van der Waals surface area contributed by atoms with E-state index in [0.29, 0.717) is 11.7 Å². The number of rotatable bonds is 3. The minimum Gasteiger partial charge on any atom is -0.382 e.